The second-order valence-corrected chi connectivity index (χ2v) is 6.90. The normalized spacial score (nSPS) is 25.0. The number of hydrogen-bond donors (Lipinski definition) is 0. The molecule has 0 radical (unpaired) electrons. The van der Waals surface area contributed by atoms with Crippen LogP contribution in [0.3, 0.4) is 0 Å². The Morgan fingerprint density at radius 3 is 2.64 bits per heavy atom. The molecule has 114 valence electrons. The number of fused-ring (bicyclic) bond motifs is 1. The summed E-state index contributed by atoms with van der Waals surface area (Å²) in [6, 6.07) is 8.65. The van der Waals surface area contributed by atoms with Crippen LogP contribution in [-0.4, -0.2) is 30.4 Å². The van der Waals surface area contributed by atoms with Crippen molar-refractivity contribution in [2.75, 3.05) is 24.5 Å². The largest absolute Gasteiger partial charge is 0.311 e. The smallest absolute Gasteiger partial charge is 0.231 e. The summed E-state index contributed by atoms with van der Waals surface area (Å²) in [6.45, 7) is 3.36. The first-order valence-corrected chi connectivity index (χ1v) is 8.45. The van der Waals surface area contributed by atoms with Gasteiger partial charge in [-0.25, -0.2) is 4.39 Å². The Kier molecular flexibility index (Phi) is 3.47. The van der Waals surface area contributed by atoms with Crippen molar-refractivity contribution in [3.8, 4) is 0 Å². The van der Waals surface area contributed by atoms with Gasteiger partial charge < -0.3 is 4.90 Å². The fourth-order valence-electron chi connectivity index (χ4n) is 3.57. The van der Waals surface area contributed by atoms with E-state index in [-0.39, 0.29) is 17.6 Å². The average molecular weight is 316 g/mol. The molecular formula is C17H17FN2OS. The lowest BCUT2D eigenvalue weighted by Gasteiger charge is -2.21. The van der Waals surface area contributed by atoms with E-state index in [0.29, 0.717) is 5.92 Å². The Labute approximate surface area is 133 Å². The molecule has 0 unspecified atom stereocenters. The number of anilines is 1. The fourth-order valence-corrected chi connectivity index (χ4v) is 4.21. The molecular weight excluding hydrogens is 299 g/mol. The van der Waals surface area contributed by atoms with Crippen molar-refractivity contribution in [2.24, 2.45) is 11.8 Å². The molecule has 5 heteroatoms. The standard InChI is InChI=1S/C17H17FN2OS/c18-14-3-1-12(2-4-14)7-19-8-13-9-20(15-5-6-22-11-15)17(21)16(13)10-19/h1-6,11,13,16H,7-10H2/t13-,16-/m0/s1. The van der Waals surface area contributed by atoms with Crippen molar-refractivity contribution < 1.29 is 9.18 Å². The van der Waals surface area contributed by atoms with Gasteiger partial charge in [0.2, 0.25) is 5.91 Å². The molecule has 2 aliphatic heterocycles. The first kappa shape index (κ1) is 13.9. The van der Waals surface area contributed by atoms with Crippen molar-refractivity contribution in [1.82, 2.24) is 4.90 Å². The molecule has 3 nitrogen and oxygen atoms in total. The van der Waals surface area contributed by atoms with E-state index in [1.54, 1.807) is 11.3 Å². The predicted molar refractivity (Wildman–Crippen MR) is 85.3 cm³/mol. The Balaban J connectivity index is 1.42. The minimum Gasteiger partial charge on any atom is -0.311 e. The van der Waals surface area contributed by atoms with Crippen LogP contribution in [0, 0.1) is 17.7 Å². The van der Waals surface area contributed by atoms with Crippen LogP contribution in [0.5, 0.6) is 0 Å². The molecule has 2 saturated heterocycles. The van der Waals surface area contributed by atoms with E-state index >= 15 is 0 Å². The van der Waals surface area contributed by atoms with E-state index in [2.05, 4.69) is 4.90 Å². The summed E-state index contributed by atoms with van der Waals surface area (Å²) in [6.07, 6.45) is 0. The molecule has 0 aliphatic carbocycles. The van der Waals surface area contributed by atoms with Gasteiger partial charge in [-0.1, -0.05) is 12.1 Å². The van der Waals surface area contributed by atoms with Gasteiger partial charge in [0.05, 0.1) is 11.6 Å². The minimum absolute atomic E-state index is 0.111. The second-order valence-electron chi connectivity index (χ2n) is 6.12. The van der Waals surface area contributed by atoms with Crippen LogP contribution in [0.4, 0.5) is 10.1 Å². The van der Waals surface area contributed by atoms with Crippen LogP contribution in [0.15, 0.2) is 41.1 Å². The number of benzene rings is 1. The van der Waals surface area contributed by atoms with E-state index in [9.17, 15) is 9.18 Å². The molecule has 0 N–H and O–H groups in total. The van der Waals surface area contributed by atoms with E-state index in [1.807, 2.05) is 33.9 Å². The molecule has 4 rings (SSSR count). The molecule has 0 spiro atoms. The number of hydrogen-bond acceptors (Lipinski definition) is 3. The summed E-state index contributed by atoms with van der Waals surface area (Å²) in [5.74, 6) is 0.571. The molecule has 0 bridgehead atoms. The Hall–Kier alpha value is -1.72. The van der Waals surface area contributed by atoms with Gasteiger partial charge in [0.15, 0.2) is 0 Å². The highest BCUT2D eigenvalue weighted by Gasteiger charge is 2.46. The van der Waals surface area contributed by atoms with Gasteiger partial charge in [-0.2, -0.15) is 11.3 Å². The maximum Gasteiger partial charge on any atom is 0.231 e. The molecule has 2 aliphatic rings. The number of thiophene rings is 1. The van der Waals surface area contributed by atoms with Gasteiger partial charge in [0.25, 0.3) is 0 Å². The van der Waals surface area contributed by atoms with E-state index in [1.165, 1.54) is 12.1 Å². The van der Waals surface area contributed by atoms with Crippen LogP contribution in [0.1, 0.15) is 5.56 Å². The van der Waals surface area contributed by atoms with E-state index in [4.69, 9.17) is 0 Å². The fraction of sp³-hybridized carbons (Fsp3) is 0.353. The van der Waals surface area contributed by atoms with Crippen molar-refractivity contribution in [1.29, 1.82) is 0 Å². The maximum absolute atomic E-state index is 13.0. The second kappa shape index (κ2) is 5.48. The van der Waals surface area contributed by atoms with Crippen molar-refractivity contribution >= 4 is 22.9 Å². The highest BCUT2D eigenvalue weighted by Crippen LogP contribution is 2.36. The van der Waals surface area contributed by atoms with Gasteiger partial charge in [0, 0.05) is 37.5 Å². The highest BCUT2D eigenvalue weighted by molar-refractivity contribution is 7.08. The lowest BCUT2D eigenvalue weighted by atomic mass is 10.0. The summed E-state index contributed by atoms with van der Waals surface area (Å²) in [7, 11) is 0. The molecule has 1 amide bonds. The van der Waals surface area contributed by atoms with Gasteiger partial charge in [-0.3, -0.25) is 9.69 Å². The molecule has 1 aromatic carbocycles. The molecule has 3 heterocycles. The third kappa shape index (κ3) is 2.44. The molecule has 1 aromatic heterocycles. The zero-order valence-electron chi connectivity index (χ0n) is 12.1. The number of halogens is 1. The summed E-state index contributed by atoms with van der Waals surface area (Å²) >= 11 is 1.63. The Bertz CT molecular complexity index is 670. The number of likely N-dealkylation sites (tertiary alicyclic amines) is 1. The first-order valence-electron chi connectivity index (χ1n) is 7.51. The van der Waals surface area contributed by atoms with Crippen LogP contribution in [0.25, 0.3) is 0 Å². The maximum atomic E-state index is 13.0. The van der Waals surface area contributed by atoms with Crippen molar-refractivity contribution in [3.05, 3.63) is 52.5 Å². The lowest BCUT2D eigenvalue weighted by molar-refractivity contribution is -0.120. The molecule has 0 saturated carbocycles. The zero-order chi connectivity index (χ0) is 15.1. The van der Waals surface area contributed by atoms with Crippen LogP contribution in [-0.2, 0) is 11.3 Å². The summed E-state index contributed by atoms with van der Waals surface area (Å²) in [5, 5.41) is 4.05. The SMILES string of the molecule is O=C1[C@H]2CN(Cc3ccc(F)cc3)C[C@H]2CN1c1ccsc1. The van der Waals surface area contributed by atoms with Crippen LogP contribution >= 0.6 is 11.3 Å². The molecule has 22 heavy (non-hydrogen) atoms. The average Bonchev–Trinajstić information content (AvgIpc) is 3.20. The van der Waals surface area contributed by atoms with Gasteiger partial charge in [-0.05, 0) is 29.1 Å². The highest BCUT2D eigenvalue weighted by atomic mass is 32.1. The van der Waals surface area contributed by atoms with Crippen molar-refractivity contribution in [2.45, 2.75) is 6.54 Å². The summed E-state index contributed by atoms with van der Waals surface area (Å²) in [4.78, 5) is 16.8. The first-order chi connectivity index (χ1) is 10.7. The monoisotopic (exact) mass is 316 g/mol. The zero-order valence-corrected chi connectivity index (χ0v) is 12.9. The van der Waals surface area contributed by atoms with Crippen molar-refractivity contribution in [3.63, 3.8) is 0 Å². The quantitative estimate of drug-likeness (QED) is 0.869. The van der Waals surface area contributed by atoms with Crippen LogP contribution in [0.2, 0.25) is 0 Å². The Morgan fingerprint density at radius 1 is 1.14 bits per heavy atom. The predicted octanol–water partition coefficient (Wildman–Crippen LogP) is 2.98. The summed E-state index contributed by atoms with van der Waals surface area (Å²) < 4.78 is 13.0. The Morgan fingerprint density at radius 2 is 1.95 bits per heavy atom. The molecule has 2 fully saturated rings. The van der Waals surface area contributed by atoms with Gasteiger partial charge in [0.1, 0.15) is 5.82 Å². The molecule has 2 aromatic rings. The van der Waals surface area contributed by atoms with E-state index in [0.717, 1.165) is 37.4 Å². The summed E-state index contributed by atoms with van der Waals surface area (Å²) in [5.41, 5.74) is 2.14. The topological polar surface area (TPSA) is 23.6 Å². The minimum atomic E-state index is -0.205. The lowest BCUT2D eigenvalue weighted by Crippen LogP contribution is -2.32. The third-order valence-corrected chi connectivity index (χ3v) is 5.33. The number of carbonyl (C=O) groups is 1. The number of rotatable bonds is 3. The van der Waals surface area contributed by atoms with Gasteiger partial charge >= 0.3 is 0 Å². The van der Waals surface area contributed by atoms with Gasteiger partial charge in [-0.15, -0.1) is 0 Å². The number of carbonyl (C=O) groups excluding carboxylic acids is 1. The molecule has 2 atom stereocenters. The number of amides is 1. The number of nitrogens with zero attached hydrogens (tertiary/aromatic N) is 2. The third-order valence-electron chi connectivity index (χ3n) is 4.65. The van der Waals surface area contributed by atoms with E-state index < -0.39 is 0 Å². The van der Waals surface area contributed by atoms with Crippen LogP contribution < -0.4 is 4.90 Å².